The second-order valence-corrected chi connectivity index (χ2v) is 6.35. The average Bonchev–Trinajstić information content (AvgIpc) is 2.65. The van der Waals surface area contributed by atoms with Gasteiger partial charge in [0, 0.05) is 5.92 Å². The van der Waals surface area contributed by atoms with Crippen LogP contribution in [0.5, 0.6) is 0 Å². The van der Waals surface area contributed by atoms with Crippen molar-refractivity contribution in [2.75, 3.05) is 6.61 Å². The van der Waals surface area contributed by atoms with Crippen LogP contribution in [0.1, 0.15) is 46.5 Å². The summed E-state index contributed by atoms with van der Waals surface area (Å²) in [6, 6.07) is 0. The molecule has 2 bridgehead atoms. The van der Waals surface area contributed by atoms with Gasteiger partial charge < -0.3 is 4.74 Å². The van der Waals surface area contributed by atoms with Gasteiger partial charge in [-0.05, 0) is 37.5 Å². The summed E-state index contributed by atoms with van der Waals surface area (Å²) in [5.41, 5.74) is 1.84. The SMILES string of the molecule is CC1=C[C@H](C)[C@H]2COC3(CCCC3)[C@@H]1[C@H]2C. The van der Waals surface area contributed by atoms with E-state index in [-0.39, 0.29) is 5.60 Å². The van der Waals surface area contributed by atoms with E-state index in [1.54, 1.807) is 5.57 Å². The Morgan fingerprint density at radius 2 is 1.94 bits per heavy atom. The van der Waals surface area contributed by atoms with Gasteiger partial charge in [-0.1, -0.05) is 38.3 Å². The summed E-state index contributed by atoms with van der Waals surface area (Å²) in [6.45, 7) is 8.16. The van der Waals surface area contributed by atoms with Crippen LogP contribution in [0.4, 0.5) is 0 Å². The van der Waals surface area contributed by atoms with E-state index < -0.39 is 0 Å². The van der Waals surface area contributed by atoms with Crippen LogP contribution in [-0.4, -0.2) is 12.2 Å². The second-order valence-electron chi connectivity index (χ2n) is 6.35. The van der Waals surface area contributed by atoms with Crippen molar-refractivity contribution in [2.45, 2.75) is 52.1 Å². The van der Waals surface area contributed by atoms with Gasteiger partial charge in [-0.25, -0.2) is 0 Å². The Labute approximate surface area is 99.3 Å². The topological polar surface area (TPSA) is 9.23 Å². The molecule has 1 aliphatic heterocycles. The van der Waals surface area contributed by atoms with E-state index in [4.69, 9.17) is 4.74 Å². The summed E-state index contributed by atoms with van der Waals surface area (Å²) in [5.74, 6) is 3.02. The molecule has 2 fully saturated rings. The molecule has 1 nitrogen and oxygen atoms in total. The van der Waals surface area contributed by atoms with Gasteiger partial charge in [-0.15, -0.1) is 0 Å². The van der Waals surface area contributed by atoms with Crippen molar-refractivity contribution in [3.05, 3.63) is 11.6 Å². The fraction of sp³-hybridized carbons (Fsp3) is 0.867. The van der Waals surface area contributed by atoms with Crippen LogP contribution in [0.15, 0.2) is 11.6 Å². The highest BCUT2D eigenvalue weighted by Crippen LogP contribution is 2.54. The molecule has 1 heteroatoms. The Morgan fingerprint density at radius 3 is 2.62 bits per heavy atom. The van der Waals surface area contributed by atoms with E-state index in [1.807, 2.05) is 0 Å². The molecule has 16 heavy (non-hydrogen) atoms. The molecule has 0 amide bonds. The highest BCUT2D eigenvalue weighted by atomic mass is 16.5. The van der Waals surface area contributed by atoms with Gasteiger partial charge >= 0.3 is 0 Å². The first-order valence-corrected chi connectivity index (χ1v) is 6.96. The van der Waals surface area contributed by atoms with E-state index >= 15 is 0 Å². The highest BCUT2D eigenvalue weighted by molar-refractivity contribution is 5.21. The summed E-state index contributed by atoms with van der Waals surface area (Å²) in [7, 11) is 0. The van der Waals surface area contributed by atoms with Gasteiger partial charge in [-0.2, -0.15) is 0 Å². The van der Waals surface area contributed by atoms with Gasteiger partial charge in [0.1, 0.15) is 0 Å². The molecule has 0 radical (unpaired) electrons. The van der Waals surface area contributed by atoms with E-state index in [9.17, 15) is 0 Å². The molecule has 3 rings (SSSR count). The smallest absolute Gasteiger partial charge is 0.0750 e. The van der Waals surface area contributed by atoms with Crippen LogP contribution in [0, 0.1) is 23.7 Å². The van der Waals surface area contributed by atoms with Gasteiger partial charge in [-0.3, -0.25) is 0 Å². The maximum Gasteiger partial charge on any atom is 0.0750 e. The van der Waals surface area contributed by atoms with Crippen molar-refractivity contribution in [2.24, 2.45) is 23.7 Å². The number of rotatable bonds is 0. The molecular weight excluding hydrogens is 196 g/mol. The number of fused-ring (bicyclic) bond motifs is 3. The van der Waals surface area contributed by atoms with Crippen molar-refractivity contribution >= 4 is 0 Å². The number of allylic oxidation sites excluding steroid dienone is 1. The van der Waals surface area contributed by atoms with Gasteiger partial charge in [0.2, 0.25) is 0 Å². The van der Waals surface area contributed by atoms with Crippen LogP contribution < -0.4 is 0 Å². The van der Waals surface area contributed by atoms with Crippen LogP contribution in [0.25, 0.3) is 0 Å². The Bertz CT molecular complexity index is 311. The Kier molecular flexibility index (Phi) is 2.43. The minimum atomic E-state index is 0.233. The lowest BCUT2D eigenvalue weighted by molar-refractivity contribution is -0.160. The van der Waals surface area contributed by atoms with Crippen molar-refractivity contribution in [1.29, 1.82) is 0 Å². The van der Waals surface area contributed by atoms with E-state index in [1.165, 1.54) is 25.7 Å². The second kappa shape index (κ2) is 3.60. The first kappa shape index (κ1) is 10.8. The first-order valence-electron chi connectivity index (χ1n) is 6.96. The van der Waals surface area contributed by atoms with E-state index in [0.29, 0.717) is 11.8 Å². The monoisotopic (exact) mass is 220 g/mol. The molecule has 4 atom stereocenters. The molecule has 2 aliphatic carbocycles. The van der Waals surface area contributed by atoms with Gasteiger partial charge in [0.15, 0.2) is 0 Å². The molecule has 1 spiro atoms. The normalized spacial score (nSPS) is 45.8. The van der Waals surface area contributed by atoms with Gasteiger partial charge in [0.05, 0.1) is 12.2 Å². The Morgan fingerprint density at radius 1 is 1.25 bits per heavy atom. The lowest BCUT2D eigenvalue weighted by Crippen LogP contribution is -2.53. The minimum absolute atomic E-state index is 0.233. The molecule has 3 aliphatic rings. The fourth-order valence-electron chi connectivity index (χ4n) is 4.76. The molecule has 0 N–H and O–H groups in total. The van der Waals surface area contributed by atoms with Crippen molar-refractivity contribution < 1.29 is 4.74 Å². The molecule has 1 saturated carbocycles. The summed E-state index contributed by atoms with van der Waals surface area (Å²) in [6.07, 6.45) is 7.87. The summed E-state index contributed by atoms with van der Waals surface area (Å²) in [5, 5.41) is 0. The molecular formula is C15H24O. The first-order chi connectivity index (χ1) is 7.64. The summed E-state index contributed by atoms with van der Waals surface area (Å²) >= 11 is 0. The maximum absolute atomic E-state index is 6.36. The number of hydrogen-bond acceptors (Lipinski definition) is 1. The zero-order valence-electron chi connectivity index (χ0n) is 10.8. The molecule has 90 valence electrons. The summed E-state index contributed by atoms with van der Waals surface area (Å²) < 4.78 is 6.36. The third kappa shape index (κ3) is 1.33. The van der Waals surface area contributed by atoms with Gasteiger partial charge in [0.25, 0.3) is 0 Å². The molecule has 0 aromatic rings. The van der Waals surface area contributed by atoms with Crippen LogP contribution in [0.3, 0.4) is 0 Å². The average molecular weight is 220 g/mol. The van der Waals surface area contributed by atoms with Crippen LogP contribution in [-0.2, 0) is 4.74 Å². The number of hydrogen-bond donors (Lipinski definition) is 0. The largest absolute Gasteiger partial charge is 0.374 e. The molecule has 0 aromatic heterocycles. The predicted molar refractivity (Wildman–Crippen MR) is 66.2 cm³/mol. The Hall–Kier alpha value is -0.300. The molecule has 1 saturated heterocycles. The molecule has 0 aromatic carbocycles. The standard InChI is InChI=1S/C15H24O/c1-10-8-11(2)14-12(3)13(10)9-16-15(14)6-4-5-7-15/h8,10,12-14H,4-7,9H2,1-3H3/t10-,12-,13+,14-/m0/s1. The maximum atomic E-state index is 6.36. The predicted octanol–water partition coefficient (Wildman–Crippen LogP) is 3.79. The van der Waals surface area contributed by atoms with Crippen LogP contribution in [0.2, 0.25) is 0 Å². The zero-order chi connectivity index (χ0) is 11.3. The molecule has 1 heterocycles. The molecule has 0 unspecified atom stereocenters. The van der Waals surface area contributed by atoms with Crippen molar-refractivity contribution in [1.82, 2.24) is 0 Å². The minimum Gasteiger partial charge on any atom is -0.374 e. The third-order valence-corrected chi connectivity index (χ3v) is 5.47. The van der Waals surface area contributed by atoms with E-state index in [0.717, 1.165) is 18.4 Å². The van der Waals surface area contributed by atoms with E-state index in [2.05, 4.69) is 26.8 Å². The van der Waals surface area contributed by atoms with Crippen LogP contribution >= 0.6 is 0 Å². The lowest BCUT2D eigenvalue weighted by atomic mass is 9.61. The number of ether oxygens (including phenoxy) is 1. The van der Waals surface area contributed by atoms with Crippen molar-refractivity contribution in [3.8, 4) is 0 Å². The third-order valence-electron chi connectivity index (χ3n) is 5.47. The van der Waals surface area contributed by atoms with Crippen molar-refractivity contribution in [3.63, 3.8) is 0 Å². The zero-order valence-corrected chi connectivity index (χ0v) is 10.8. The highest BCUT2D eigenvalue weighted by Gasteiger charge is 2.52. The Balaban J connectivity index is 1.99. The fourth-order valence-corrected chi connectivity index (χ4v) is 4.76. The quantitative estimate of drug-likeness (QED) is 0.564. The summed E-state index contributed by atoms with van der Waals surface area (Å²) in [4.78, 5) is 0. The lowest BCUT2D eigenvalue weighted by Gasteiger charge is -2.53.